The molecule has 53 heavy (non-hydrogen) atoms. The summed E-state index contributed by atoms with van der Waals surface area (Å²) in [4.78, 5) is 53.8. The molecule has 0 radical (unpaired) electrons. The van der Waals surface area contributed by atoms with Crippen LogP contribution in [0.2, 0.25) is 0 Å². The number of nitrogens with one attached hydrogen (secondary N) is 1. The summed E-state index contributed by atoms with van der Waals surface area (Å²) in [5, 5.41) is 3.07. The van der Waals surface area contributed by atoms with E-state index in [1.54, 1.807) is 26.2 Å². The van der Waals surface area contributed by atoms with Crippen LogP contribution in [0.4, 0.5) is 0 Å². The van der Waals surface area contributed by atoms with E-state index in [4.69, 9.17) is 24.2 Å². The Morgan fingerprint density at radius 1 is 1.00 bits per heavy atom. The molecule has 3 amide bonds. The predicted octanol–water partition coefficient (Wildman–Crippen LogP) is 4.42. The first-order valence-corrected chi connectivity index (χ1v) is 19.8. The number of aromatic nitrogens is 2. The molecule has 5 atom stereocenters. The topological polar surface area (TPSA) is 157 Å². The zero-order valence-corrected chi connectivity index (χ0v) is 31.6. The van der Waals surface area contributed by atoms with Crippen molar-refractivity contribution >= 4 is 38.6 Å². The van der Waals surface area contributed by atoms with Crippen molar-refractivity contribution in [3.05, 3.63) is 54.1 Å². The fourth-order valence-corrected chi connectivity index (χ4v) is 9.37. The fourth-order valence-electron chi connectivity index (χ4n) is 7.80. The number of hydrogen-bond donors (Lipinski definition) is 1. The van der Waals surface area contributed by atoms with E-state index in [9.17, 15) is 22.8 Å². The molecule has 0 saturated heterocycles. The van der Waals surface area contributed by atoms with Crippen LogP contribution in [0.25, 0.3) is 22.3 Å². The van der Waals surface area contributed by atoms with Gasteiger partial charge in [-0.3, -0.25) is 14.4 Å². The van der Waals surface area contributed by atoms with Crippen LogP contribution in [0.15, 0.2) is 48.6 Å². The number of amides is 3. The smallest absolute Gasteiger partial charge is 0.262 e. The number of carbonyl (C=O) groups excluding carboxylic acids is 3. The second kappa shape index (κ2) is 14.3. The van der Waals surface area contributed by atoms with Crippen LogP contribution in [0.3, 0.4) is 0 Å². The van der Waals surface area contributed by atoms with Crippen molar-refractivity contribution in [2.75, 3.05) is 34.9 Å². The van der Waals surface area contributed by atoms with Crippen molar-refractivity contribution in [2.45, 2.75) is 75.2 Å². The number of hydrogen-bond acceptors (Lipinski definition) is 10. The van der Waals surface area contributed by atoms with Gasteiger partial charge in [-0.15, -0.1) is 0 Å². The van der Waals surface area contributed by atoms with Gasteiger partial charge >= 0.3 is 0 Å². The lowest BCUT2D eigenvalue weighted by Gasteiger charge is -2.28. The van der Waals surface area contributed by atoms with Crippen LogP contribution in [0.5, 0.6) is 17.4 Å². The van der Waals surface area contributed by atoms with Crippen molar-refractivity contribution in [3.63, 3.8) is 0 Å². The average Bonchev–Trinajstić information content (AvgIpc) is 4.09. The Balaban J connectivity index is 1.22. The van der Waals surface area contributed by atoms with Gasteiger partial charge in [-0.1, -0.05) is 12.2 Å². The summed E-state index contributed by atoms with van der Waals surface area (Å²) in [6, 6.07) is 11.0. The predicted molar refractivity (Wildman–Crippen MR) is 198 cm³/mol. The monoisotopic (exact) mass is 745 g/mol. The Morgan fingerprint density at radius 2 is 1.74 bits per heavy atom. The van der Waals surface area contributed by atoms with E-state index < -0.39 is 50.6 Å². The van der Waals surface area contributed by atoms with E-state index in [0.29, 0.717) is 53.5 Å². The highest BCUT2D eigenvalue weighted by atomic mass is 32.2. The van der Waals surface area contributed by atoms with Crippen LogP contribution in [0.1, 0.15) is 56.9 Å². The van der Waals surface area contributed by atoms with Crippen LogP contribution in [0, 0.1) is 24.7 Å². The normalized spacial score (nSPS) is 26.8. The van der Waals surface area contributed by atoms with Gasteiger partial charge in [-0.2, -0.15) is 4.98 Å². The Morgan fingerprint density at radius 3 is 2.43 bits per heavy atom. The number of sulfonamides is 1. The number of likely N-dealkylation sites (N-methyl/N-ethyl adjacent to an activating group) is 1. The number of fused-ring (bicyclic) bond motifs is 3. The molecule has 1 aromatic heterocycles. The molecule has 2 heterocycles. The van der Waals surface area contributed by atoms with Gasteiger partial charge in [0.1, 0.15) is 23.1 Å². The Bertz CT molecular complexity index is 2070. The first-order chi connectivity index (χ1) is 25.4. The number of carbonyl (C=O) groups is 3. The molecule has 13 nitrogen and oxygen atoms in total. The van der Waals surface area contributed by atoms with Crippen LogP contribution >= 0.6 is 0 Å². The summed E-state index contributed by atoms with van der Waals surface area (Å²) in [5.74, 6) is -1.09. The van der Waals surface area contributed by atoms with Gasteiger partial charge in [0.05, 0.1) is 42.2 Å². The molecule has 7 rings (SSSR count). The Kier molecular flexibility index (Phi) is 9.85. The van der Waals surface area contributed by atoms with E-state index in [1.165, 1.54) is 7.05 Å². The molecular formula is C39H47N5O8S. The second-order valence-electron chi connectivity index (χ2n) is 14.8. The number of nitrogens with zero attached hydrogens (tertiary/aromatic N) is 4. The van der Waals surface area contributed by atoms with Gasteiger partial charge in [-0.05, 0) is 94.7 Å². The first kappa shape index (κ1) is 36.6. The SMILES string of the molecule is COc1ccc(-c2nc(O[C@@H]3C[C@H]4C(=O)N[C@]5(C(=O)N(C)S(=O)(=O)C6CC6)C[C@H]5/C=C\CCCCN(C)C(=O)[C@@H]4C3)c3ccc(OC)c(C)c3n2)cc1. The third kappa shape index (κ3) is 6.93. The van der Waals surface area contributed by atoms with E-state index in [2.05, 4.69) is 5.32 Å². The molecule has 3 saturated carbocycles. The summed E-state index contributed by atoms with van der Waals surface area (Å²) in [6.45, 7) is 2.46. The number of aryl methyl sites for hydroxylation is 1. The second-order valence-corrected chi connectivity index (χ2v) is 17.0. The lowest BCUT2D eigenvalue weighted by atomic mass is 9.93. The molecule has 0 bridgehead atoms. The molecule has 1 aliphatic heterocycles. The third-order valence-electron chi connectivity index (χ3n) is 11.3. The maximum atomic E-state index is 14.4. The maximum absolute atomic E-state index is 14.4. The molecule has 3 aliphatic carbocycles. The number of benzene rings is 2. The minimum atomic E-state index is -3.83. The highest BCUT2D eigenvalue weighted by Crippen LogP contribution is 2.48. The van der Waals surface area contributed by atoms with Crippen molar-refractivity contribution in [1.82, 2.24) is 24.5 Å². The summed E-state index contributed by atoms with van der Waals surface area (Å²) in [7, 11) is 2.40. The highest BCUT2D eigenvalue weighted by molar-refractivity contribution is 7.90. The van der Waals surface area contributed by atoms with E-state index in [1.807, 2.05) is 55.5 Å². The van der Waals surface area contributed by atoms with Crippen molar-refractivity contribution < 1.29 is 37.0 Å². The molecule has 0 spiro atoms. The van der Waals surface area contributed by atoms with E-state index in [0.717, 1.165) is 34.7 Å². The molecule has 2 aromatic carbocycles. The zero-order chi connectivity index (χ0) is 37.7. The van der Waals surface area contributed by atoms with Crippen LogP contribution < -0.4 is 19.5 Å². The van der Waals surface area contributed by atoms with Crippen molar-refractivity contribution in [1.29, 1.82) is 0 Å². The van der Waals surface area contributed by atoms with Gasteiger partial charge in [0.15, 0.2) is 5.82 Å². The first-order valence-electron chi connectivity index (χ1n) is 18.3. The average molecular weight is 746 g/mol. The summed E-state index contributed by atoms with van der Waals surface area (Å²) < 4.78 is 44.7. The Labute approximate surface area is 310 Å². The molecule has 3 fully saturated rings. The van der Waals surface area contributed by atoms with Crippen molar-refractivity contribution in [2.24, 2.45) is 17.8 Å². The van der Waals surface area contributed by atoms with Crippen molar-refractivity contribution in [3.8, 4) is 28.8 Å². The van der Waals surface area contributed by atoms with Gasteiger partial charge in [0.25, 0.3) is 5.91 Å². The molecular weight excluding hydrogens is 699 g/mol. The van der Waals surface area contributed by atoms with E-state index >= 15 is 0 Å². The lowest BCUT2D eigenvalue weighted by molar-refractivity contribution is -0.141. The minimum absolute atomic E-state index is 0.169. The number of ether oxygens (including phenoxy) is 3. The minimum Gasteiger partial charge on any atom is -0.497 e. The van der Waals surface area contributed by atoms with Crippen LogP contribution in [-0.4, -0.2) is 97.1 Å². The maximum Gasteiger partial charge on any atom is 0.262 e. The third-order valence-corrected chi connectivity index (χ3v) is 13.5. The standard InChI is InChI=1S/C39H47N5O8S/c1-23-32(51-5)18-17-29-33(23)40-34(24-11-13-26(50-4)14-12-24)41-36(29)52-27-20-30-31(21-27)37(46)43(2)19-9-7-6-8-10-25-22-39(25,42-35(30)45)38(47)44(3)53(48,49)28-15-16-28/h8,10-14,17-18,25,27-28,30-31H,6-7,9,15-16,19-22H2,1-5H3,(H,42,45)/b10-8-/t25-,27-,30-,31-,39-/m1/s1. The summed E-state index contributed by atoms with van der Waals surface area (Å²) in [5.41, 5.74) is 0.787. The van der Waals surface area contributed by atoms with Crippen LogP contribution in [-0.2, 0) is 24.4 Å². The van der Waals surface area contributed by atoms with Gasteiger partial charge < -0.3 is 24.4 Å². The lowest BCUT2D eigenvalue weighted by Crippen LogP contribution is -2.54. The highest BCUT2D eigenvalue weighted by Gasteiger charge is 2.63. The van der Waals surface area contributed by atoms with E-state index in [-0.39, 0.29) is 31.1 Å². The number of methoxy groups -OCH3 is 2. The molecule has 14 heteroatoms. The van der Waals surface area contributed by atoms with Gasteiger partial charge in [-0.25, -0.2) is 17.7 Å². The summed E-state index contributed by atoms with van der Waals surface area (Å²) >= 11 is 0. The fraction of sp³-hybridized carbons (Fsp3) is 0.513. The molecule has 3 aromatic rings. The quantitative estimate of drug-likeness (QED) is 0.328. The molecule has 4 aliphatic rings. The molecule has 1 N–H and O–H groups in total. The number of rotatable bonds is 8. The Hall–Kier alpha value is -4.72. The van der Waals surface area contributed by atoms with Gasteiger partial charge in [0, 0.05) is 37.7 Å². The largest absolute Gasteiger partial charge is 0.497 e. The summed E-state index contributed by atoms with van der Waals surface area (Å²) in [6.07, 6.45) is 7.44. The number of allylic oxidation sites excluding steroid dienone is 1. The molecule has 282 valence electrons. The van der Waals surface area contributed by atoms with Gasteiger partial charge in [0.2, 0.25) is 27.7 Å². The zero-order valence-electron chi connectivity index (χ0n) is 30.8. The molecule has 0 unspecified atom stereocenters.